The first kappa shape index (κ1) is 18.0. The molecule has 1 N–H and O–H groups in total. The Morgan fingerprint density at radius 2 is 1.96 bits per heavy atom. The van der Waals surface area contributed by atoms with Gasteiger partial charge < -0.3 is 19.9 Å². The van der Waals surface area contributed by atoms with Crippen LogP contribution in [-0.4, -0.2) is 60.6 Å². The van der Waals surface area contributed by atoms with Crippen molar-refractivity contribution in [3.63, 3.8) is 0 Å². The number of amides is 1. The molecule has 7 nitrogen and oxygen atoms in total. The number of nitrogens with one attached hydrogen (secondary N) is 1. The minimum absolute atomic E-state index is 0.131. The van der Waals surface area contributed by atoms with Gasteiger partial charge in [-0.15, -0.1) is 0 Å². The molecule has 2 heterocycles. The molecule has 1 aliphatic heterocycles. The third-order valence-electron chi connectivity index (χ3n) is 4.59. The van der Waals surface area contributed by atoms with Crippen LogP contribution in [0.25, 0.3) is 0 Å². The topological polar surface area (TPSA) is 70.6 Å². The molecule has 0 atom stereocenters. The Hall–Kier alpha value is -2.83. The number of rotatable bonds is 6. The summed E-state index contributed by atoms with van der Waals surface area (Å²) in [5.41, 5.74) is 1.16. The number of ether oxygens (including phenoxy) is 1. The third-order valence-corrected chi connectivity index (χ3v) is 4.59. The van der Waals surface area contributed by atoms with E-state index in [-0.39, 0.29) is 5.91 Å². The van der Waals surface area contributed by atoms with Crippen LogP contribution in [0.1, 0.15) is 12.5 Å². The lowest BCUT2D eigenvalue weighted by Crippen LogP contribution is -2.48. The molecule has 7 heteroatoms. The molecule has 1 aliphatic rings. The summed E-state index contributed by atoms with van der Waals surface area (Å²) in [5.74, 6) is 2.73. The monoisotopic (exact) mass is 355 g/mol. The number of aromatic nitrogens is 2. The lowest BCUT2D eigenvalue weighted by Gasteiger charge is -2.34. The van der Waals surface area contributed by atoms with Gasteiger partial charge >= 0.3 is 0 Å². The van der Waals surface area contributed by atoms with Crippen LogP contribution in [0.4, 0.5) is 11.6 Å². The number of carbonyl (C=O) groups is 1. The predicted octanol–water partition coefficient (Wildman–Crippen LogP) is 1.81. The zero-order chi connectivity index (χ0) is 18.4. The second kappa shape index (κ2) is 8.51. The molecule has 1 aromatic carbocycles. The summed E-state index contributed by atoms with van der Waals surface area (Å²) in [6, 6.07) is 9.99. The van der Waals surface area contributed by atoms with Crippen LogP contribution in [-0.2, 0) is 11.2 Å². The zero-order valence-electron chi connectivity index (χ0n) is 15.3. The smallest absolute Gasteiger partial charge is 0.219 e. The van der Waals surface area contributed by atoms with Gasteiger partial charge in [0.1, 0.15) is 23.7 Å². The minimum atomic E-state index is 0.131. The molecule has 1 aromatic heterocycles. The van der Waals surface area contributed by atoms with E-state index in [4.69, 9.17) is 4.74 Å². The molecule has 0 saturated carbocycles. The molecule has 0 spiro atoms. The summed E-state index contributed by atoms with van der Waals surface area (Å²) >= 11 is 0. The molecule has 138 valence electrons. The first-order chi connectivity index (χ1) is 12.7. The van der Waals surface area contributed by atoms with Gasteiger partial charge in [0.15, 0.2) is 0 Å². The summed E-state index contributed by atoms with van der Waals surface area (Å²) in [4.78, 5) is 24.2. The SMILES string of the molecule is COc1ccccc1CCNc1cc(N2CCN(C(C)=O)CC2)ncn1. The number of para-hydroxylation sites is 1. The van der Waals surface area contributed by atoms with Crippen LogP contribution in [0.15, 0.2) is 36.7 Å². The molecule has 3 rings (SSSR count). The molecular weight excluding hydrogens is 330 g/mol. The lowest BCUT2D eigenvalue weighted by molar-refractivity contribution is -0.129. The number of hydrogen-bond donors (Lipinski definition) is 1. The highest BCUT2D eigenvalue weighted by atomic mass is 16.5. The van der Waals surface area contributed by atoms with Gasteiger partial charge in [0.25, 0.3) is 0 Å². The van der Waals surface area contributed by atoms with Crippen LogP contribution in [0.5, 0.6) is 5.75 Å². The first-order valence-electron chi connectivity index (χ1n) is 8.85. The van der Waals surface area contributed by atoms with Crippen LogP contribution in [0, 0.1) is 0 Å². The summed E-state index contributed by atoms with van der Waals surface area (Å²) in [7, 11) is 1.69. The van der Waals surface area contributed by atoms with Gasteiger partial charge in [0.2, 0.25) is 5.91 Å². The summed E-state index contributed by atoms with van der Waals surface area (Å²) < 4.78 is 5.38. The van der Waals surface area contributed by atoms with Gasteiger partial charge in [-0.2, -0.15) is 0 Å². The maximum atomic E-state index is 11.4. The highest BCUT2D eigenvalue weighted by molar-refractivity contribution is 5.73. The van der Waals surface area contributed by atoms with Gasteiger partial charge in [-0.3, -0.25) is 4.79 Å². The van der Waals surface area contributed by atoms with E-state index in [1.165, 1.54) is 0 Å². The molecule has 0 aliphatic carbocycles. The number of carbonyl (C=O) groups excluding carboxylic acids is 1. The van der Waals surface area contributed by atoms with Gasteiger partial charge in [0.05, 0.1) is 7.11 Å². The second-order valence-corrected chi connectivity index (χ2v) is 6.24. The molecule has 2 aromatic rings. The number of piperazine rings is 1. The van der Waals surface area contributed by atoms with Crippen molar-refractivity contribution in [3.8, 4) is 5.75 Å². The maximum Gasteiger partial charge on any atom is 0.219 e. The van der Waals surface area contributed by atoms with Crippen molar-refractivity contribution in [2.24, 2.45) is 0 Å². The van der Waals surface area contributed by atoms with E-state index in [0.29, 0.717) is 0 Å². The standard InChI is InChI=1S/C19H25N5O2/c1-15(25)23-9-11-24(12-10-23)19-13-18(21-14-22-19)20-8-7-16-5-3-4-6-17(16)26-2/h3-6,13-14H,7-12H2,1-2H3,(H,20,21,22). The molecule has 0 radical (unpaired) electrons. The van der Waals surface area contributed by atoms with Gasteiger partial charge in [-0.1, -0.05) is 18.2 Å². The Balaban J connectivity index is 1.55. The van der Waals surface area contributed by atoms with Crippen LogP contribution in [0.3, 0.4) is 0 Å². The molecule has 0 bridgehead atoms. The maximum absolute atomic E-state index is 11.4. The van der Waals surface area contributed by atoms with Gasteiger partial charge in [-0.25, -0.2) is 9.97 Å². The summed E-state index contributed by atoms with van der Waals surface area (Å²) in [5, 5.41) is 3.35. The normalized spacial score (nSPS) is 14.2. The largest absolute Gasteiger partial charge is 0.496 e. The van der Waals surface area contributed by atoms with E-state index in [2.05, 4.69) is 26.3 Å². The average Bonchev–Trinajstić information content (AvgIpc) is 2.68. The minimum Gasteiger partial charge on any atom is -0.496 e. The number of benzene rings is 1. The van der Waals surface area contributed by atoms with E-state index in [0.717, 1.165) is 62.1 Å². The van der Waals surface area contributed by atoms with E-state index in [1.54, 1.807) is 20.4 Å². The number of hydrogen-bond acceptors (Lipinski definition) is 6. The summed E-state index contributed by atoms with van der Waals surface area (Å²) in [6.45, 7) is 5.42. The van der Waals surface area contributed by atoms with Crippen molar-refractivity contribution in [2.75, 3.05) is 50.1 Å². The van der Waals surface area contributed by atoms with E-state index in [1.807, 2.05) is 29.2 Å². The van der Waals surface area contributed by atoms with Crippen molar-refractivity contribution in [1.29, 1.82) is 0 Å². The Bertz CT molecular complexity index is 744. The first-order valence-corrected chi connectivity index (χ1v) is 8.85. The Labute approximate surface area is 154 Å². The van der Waals surface area contributed by atoms with E-state index < -0.39 is 0 Å². The number of nitrogens with zero attached hydrogens (tertiary/aromatic N) is 4. The Kier molecular flexibility index (Phi) is 5.88. The molecule has 0 unspecified atom stereocenters. The predicted molar refractivity (Wildman–Crippen MR) is 102 cm³/mol. The van der Waals surface area contributed by atoms with Gasteiger partial charge in [0, 0.05) is 45.7 Å². The fourth-order valence-corrected chi connectivity index (χ4v) is 3.10. The van der Waals surface area contributed by atoms with Crippen LogP contribution in [0.2, 0.25) is 0 Å². The van der Waals surface area contributed by atoms with Crippen LogP contribution >= 0.6 is 0 Å². The van der Waals surface area contributed by atoms with Crippen molar-refractivity contribution in [3.05, 3.63) is 42.2 Å². The quantitative estimate of drug-likeness (QED) is 0.852. The summed E-state index contributed by atoms with van der Waals surface area (Å²) in [6.07, 6.45) is 2.43. The zero-order valence-corrected chi connectivity index (χ0v) is 15.3. The molecule has 1 amide bonds. The van der Waals surface area contributed by atoms with E-state index in [9.17, 15) is 4.79 Å². The van der Waals surface area contributed by atoms with Crippen molar-refractivity contribution < 1.29 is 9.53 Å². The van der Waals surface area contributed by atoms with Crippen molar-refractivity contribution in [1.82, 2.24) is 14.9 Å². The highest BCUT2D eigenvalue weighted by Crippen LogP contribution is 2.19. The number of anilines is 2. The fraction of sp³-hybridized carbons (Fsp3) is 0.421. The lowest BCUT2D eigenvalue weighted by atomic mass is 10.1. The van der Waals surface area contributed by atoms with E-state index >= 15 is 0 Å². The van der Waals surface area contributed by atoms with Crippen molar-refractivity contribution in [2.45, 2.75) is 13.3 Å². The fourth-order valence-electron chi connectivity index (χ4n) is 3.10. The van der Waals surface area contributed by atoms with Gasteiger partial charge in [-0.05, 0) is 18.1 Å². The molecule has 26 heavy (non-hydrogen) atoms. The Morgan fingerprint density at radius 3 is 2.69 bits per heavy atom. The third kappa shape index (κ3) is 4.41. The molecular formula is C19H25N5O2. The molecule has 1 fully saturated rings. The molecule has 1 saturated heterocycles. The van der Waals surface area contributed by atoms with Crippen molar-refractivity contribution >= 4 is 17.5 Å². The van der Waals surface area contributed by atoms with Crippen LogP contribution < -0.4 is 15.0 Å². The average molecular weight is 355 g/mol. The second-order valence-electron chi connectivity index (χ2n) is 6.24. The highest BCUT2D eigenvalue weighted by Gasteiger charge is 2.19. The number of methoxy groups -OCH3 is 1. The Morgan fingerprint density at radius 1 is 1.19 bits per heavy atom.